The van der Waals surface area contributed by atoms with Gasteiger partial charge in [-0.1, -0.05) is 85.8 Å². The first-order chi connectivity index (χ1) is 39.9. The number of carbonyl (C=O) groups is 6. The molecule has 2 fully saturated rings. The fourth-order valence-electron chi connectivity index (χ4n) is 11.7. The minimum atomic E-state index is -4.37. The second kappa shape index (κ2) is 25.0. The number of aromatic nitrogens is 3. The van der Waals surface area contributed by atoms with Gasteiger partial charge in [0.1, 0.15) is 49.0 Å². The Hall–Kier alpha value is -8.45. The highest BCUT2D eigenvalue weighted by Gasteiger charge is 2.51. The van der Waals surface area contributed by atoms with Gasteiger partial charge in [-0.2, -0.15) is 8.42 Å². The van der Waals surface area contributed by atoms with E-state index in [1.54, 1.807) is 6.92 Å². The molecule has 0 radical (unpaired) electrons. The number of esters is 2. The third-order valence-corrected chi connectivity index (χ3v) is 15.9. The van der Waals surface area contributed by atoms with E-state index in [1.165, 1.54) is 42.6 Å². The van der Waals surface area contributed by atoms with Crippen LogP contribution in [0.25, 0.3) is 22.2 Å². The number of ketones is 1. The van der Waals surface area contributed by atoms with Gasteiger partial charge in [0.25, 0.3) is 0 Å². The standard InChI is InChI=1S/C59H63N7O16S/c1-32-52(33(2)67)82-57(54(79-35(4)69)53(32)78-34(3)68)80-49-20-17-36(25-48(49)64-51(70)21-23-61-58(71)75-30-46-43-15-9-7-13-41(43)42-14-8-10-16-44(42)46)28-76-59(72)81-50-27-39(26-38(50)29-77-83(60,73)74)66-24-22-45-55(62-31-63-56(45)66)65-47-19-18-37-11-5-6-12-40(37)47/h5-17,20,22,24-25,31-32,38-39,46-47,50,52-54,57H,18-19,21,23,26-30H2,1-4H3,(H,61,71)(H,64,70)(H2,60,73,74)(H,62,63,65)/t32-,38+,39-,47+,50-,52+,53+,54-,57-/m1/s1. The number of Topliss-reactive ketones (excluding diaryl/α,β-unsaturated/α-hetero) is 1. The van der Waals surface area contributed by atoms with E-state index in [0.717, 1.165) is 54.3 Å². The molecule has 1 saturated heterocycles. The summed E-state index contributed by atoms with van der Waals surface area (Å²) in [5.74, 6) is -3.58. The molecule has 24 heteroatoms. The summed E-state index contributed by atoms with van der Waals surface area (Å²) in [5, 5.41) is 15.0. The molecule has 3 heterocycles. The Morgan fingerprint density at radius 2 is 1.49 bits per heavy atom. The smallest absolute Gasteiger partial charge is 0.459 e. The number of rotatable bonds is 20. The lowest BCUT2D eigenvalue weighted by molar-refractivity contribution is -0.261. The Morgan fingerprint density at radius 3 is 2.20 bits per heavy atom. The molecule has 6 aromatic rings. The van der Waals surface area contributed by atoms with Crippen LogP contribution in [-0.2, 0) is 75.1 Å². The molecule has 0 unspecified atom stereocenters. The van der Waals surface area contributed by atoms with Crippen LogP contribution in [0.2, 0.25) is 0 Å². The van der Waals surface area contributed by atoms with Crippen LogP contribution in [0.15, 0.2) is 110 Å². The molecule has 23 nitrogen and oxygen atoms in total. The number of benzene rings is 4. The van der Waals surface area contributed by atoms with Gasteiger partial charge in [0.05, 0.1) is 23.7 Å². The van der Waals surface area contributed by atoms with Crippen LogP contribution in [0, 0.1) is 11.8 Å². The van der Waals surface area contributed by atoms with Crippen molar-refractivity contribution < 1.29 is 74.5 Å². The van der Waals surface area contributed by atoms with Gasteiger partial charge < -0.3 is 53.7 Å². The molecule has 5 N–H and O–H groups in total. The summed E-state index contributed by atoms with van der Waals surface area (Å²) < 4.78 is 71.7. The fourth-order valence-corrected chi connectivity index (χ4v) is 12.1. The van der Waals surface area contributed by atoms with Gasteiger partial charge in [-0.25, -0.2) is 24.7 Å². The van der Waals surface area contributed by atoms with E-state index in [1.807, 2.05) is 77.5 Å². The fraction of sp³-hybridized carbons (Fsp3) is 0.390. The lowest BCUT2D eigenvalue weighted by Gasteiger charge is -2.43. The van der Waals surface area contributed by atoms with Crippen molar-refractivity contribution in [3.8, 4) is 16.9 Å². The van der Waals surface area contributed by atoms with Crippen LogP contribution < -0.4 is 25.8 Å². The number of aryl methyl sites for hydroxylation is 1. The highest BCUT2D eigenvalue weighted by molar-refractivity contribution is 7.84. The number of carbonyl (C=O) groups excluding carboxylic acids is 6. The molecule has 2 amide bonds. The van der Waals surface area contributed by atoms with E-state index in [2.05, 4.69) is 38.1 Å². The van der Waals surface area contributed by atoms with Crippen molar-refractivity contribution in [2.75, 3.05) is 30.4 Å². The Balaban J connectivity index is 0.829. The van der Waals surface area contributed by atoms with Gasteiger partial charge in [0, 0.05) is 63.2 Å². The van der Waals surface area contributed by atoms with E-state index in [4.69, 9.17) is 42.5 Å². The van der Waals surface area contributed by atoms with E-state index in [0.29, 0.717) is 23.4 Å². The third kappa shape index (κ3) is 13.4. The molecule has 4 aliphatic rings. The Labute approximate surface area is 478 Å². The van der Waals surface area contributed by atoms with E-state index >= 15 is 0 Å². The van der Waals surface area contributed by atoms with Gasteiger partial charge in [-0.15, -0.1) is 0 Å². The van der Waals surface area contributed by atoms with Crippen LogP contribution >= 0.6 is 0 Å². The molecule has 10 rings (SSSR count). The summed E-state index contributed by atoms with van der Waals surface area (Å²) in [5.41, 5.74) is 7.60. The van der Waals surface area contributed by atoms with Crippen molar-refractivity contribution in [3.05, 3.63) is 137 Å². The Morgan fingerprint density at radius 1 is 0.795 bits per heavy atom. The summed E-state index contributed by atoms with van der Waals surface area (Å²) >= 11 is 0. The summed E-state index contributed by atoms with van der Waals surface area (Å²) in [7, 11) is -4.37. The summed E-state index contributed by atoms with van der Waals surface area (Å²) in [4.78, 5) is 87.3. The zero-order chi connectivity index (χ0) is 58.5. The lowest BCUT2D eigenvalue weighted by Crippen LogP contribution is -2.59. The van der Waals surface area contributed by atoms with Crippen LogP contribution in [0.1, 0.15) is 99.2 Å². The largest absolute Gasteiger partial charge is 0.508 e. The molecule has 2 aromatic heterocycles. The number of alkyl carbamates (subject to hydrolysis) is 1. The maximum Gasteiger partial charge on any atom is 0.508 e. The molecule has 3 aliphatic carbocycles. The lowest BCUT2D eigenvalue weighted by atomic mass is 9.88. The van der Waals surface area contributed by atoms with E-state index in [9.17, 15) is 37.2 Å². The average Bonchev–Trinajstić information content (AvgIpc) is 4.45. The van der Waals surface area contributed by atoms with Crippen molar-refractivity contribution in [2.45, 2.75) is 115 Å². The maximum atomic E-state index is 13.7. The topological polar surface area (TPSA) is 303 Å². The molecule has 0 spiro atoms. The molecule has 0 bridgehead atoms. The first kappa shape index (κ1) is 57.8. The molecular formula is C59H63N7O16S. The molecule has 1 aliphatic heterocycles. The minimum Gasteiger partial charge on any atom is -0.459 e. The van der Waals surface area contributed by atoms with Crippen molar-refractivity contribution >= 4 is 68.7 Å². The summed E-state index contributed by atoms with van der Waals surface area (Å²) in [6.07, 6.45) is -2.65. The molecule has 9 atom stereocenters. The second-order valence-electron chi connectivity index (χ2n) is 21.0. The zero-order valence-electron chi connectivity index (χ0n) is 45.9. The molecule has 4 aromatic carbocycles. The monoisotopic (exact) mass is 1160 g/mol. The zero-order valence-corrected chi connectivity index (χ0v) is 46.7. The van der Waals surface area contributed by atoms with Gasteiger partial charge in [-0.05, 0) is 83.3 Å². The molecular weight excluding hydrogens is 1090 g/mol. The quantitative estimate of drug-likeness (QED) is 0.0425. The normalized spacial score (nSPS) is 22.5. The second-order valence-corrected chi connectivity index (χ2v) is 22.2. The van der Waals surface area contributed by atoms with Gasteiger partial charge in [0.15, 0.2) is 11.9 Å². The number of nitrogens with two attached hydrogens (primary N) is 1. The van der Waals surface area contributed by atoms with Crippen LogP contribution in [0.4, 0.5) is 21.1 Å². The third-order valence-electron chi connectivity index (χ3n) is 15.4. The highest BCUT2D eigenvalue weighted by atomic mass is 32.2. The SMILES string of the molecule is CC(=O)O[C@H]1[C@H](Oc2ccc(COC(=O)O[C@@H]3C[C@H](n4ccc5c(N[C@H]6CCc7ccccc76)ncnc54)C[C@H]3COS(N)(=O)=O)cc2NC(=O)CCNC(=O)OCC2c3ccccc3-c3ccccc32)O[C@H](C(C)=O)[C@@H](C)[C@@H]1OC(C)=O. The molecule has 83 heavy (non-hydrogen) atoms. The van der Waals surface area contributed by atoms with Crippen LogP contribution in [0.3, 0.4) is 0 Å². The number of nitrogens with one attached hydrogen (secondary N) is 3. The van der Waals surface area contributed by atoms with Crippen molar-refractivity contribution in [1.82, 2.24) is 19.9 Å². The van der Waals surface area contributed by atoms with Gasteiger partial charge >= 0.3 is 34.5 Å². The van der Waals surface area contributed by atoms with Gasteiger partial charge in [-0.3, -0.25) is 23.4 Å². The molecule has 1 saturated carbocycles. The minimum absolute atomic E-state index is 0.00849. The Bertz CT molecular complexity index is 3510. The summed E-state index contributed by atoms with van der Waals surface area (Å²) in [6.45, 7) is 4.27. The highest BCUT2D eigenvalue weighted by Crippen LogP contribution is 2.45. The predicted octanol–water partition coefficient (Wildman–Crippen LogP) is 7.48. The number of hydrogen-bond donors (Lipinski definition) is 4. The van der Waals surface area contributed by atoms with Crippen molar-refractivity contribution in [1.29, 1.82) is 0 Å². The number of anilines is 2. The number of hydrogen-bond acceptors (Lipinski definition) is 19. The van der Waals surface area contributed by atoms with Crippen LogP contribution in [-0.4, -0.2) is 109 Å². The first-order valence-electron chi connectivity index (χ1n) is 27.2. The Kier molecular flexibility index (Phi) is 17.4. The number of amides is 2. The first-order valence-corrected chi connectivity index (χ1v) is 28.7. The predicted molar refractivity (Wildman–Crippen MR) is 298 cm³/mol. The van der Waals surface area contributed by atoms with Gasteiger partial charge in [0.2, 0.25) is 18.3 Å². The van der Waals surface area contributed by atoms with E-state index in [-0.39, 0.29) is 55.4 Å². The van der Waals surface area contributed by atoms with E-state index < -0.39 is 102 Å². The number of nitrogens with zero attached hydrogens (tertiary/aromatic N) is 3. The maximum absolute atomic E-state index is 13.7. The summed E-state index contributed by atoms with van der Waals surface area (Å²) in [6, 6.07) is 30.0. The number of ether oxygens (including phenoxy) is 7. The number of fused-ring (bicyclic) bond motifs is 5. The van der Waals surface area contributed by atoms with Crippen molar-refractivity contribution in [3.63, 3.8) is 0 Å². The van der Waals surface area contributed by atoms with Crippen molar-refractivity contribution in [2.24, 2.45) is 17.0 Å². The van der Waals surface area contributed by atoms with Crippen LogP contribution in [0.5, 0.6) is 5.75 Å². The average molecular weight is 1160 g/mol. The molecule has 436 valence electrons.